The predicted molar refractivity (Wildman–Crippen MR) is 88.1 cm³/mol. The first-order chi connectivity index (χ1) is 11.0. The van der Waals surface area contributed by atoms with Crippen LogP contribution < -0.4 is 9.04 Å². The van der Waals surface area contributed by atoms with E-state index < -0.39 is 16.1 Å². The first-order valence-electron chi connectivity index (χ1n) is 8.08. The van der Waals surface area contributed by atoms with Crippen LogP contribution in [0.2, 0.25) is 0 Å². The Labute approximate surface area is 137 Å². The normalized spacial score (nSPS) is 21.5. The lowest BCUT2D eigenvalue weighted by molar-refractivity contribution is -0.139. The fraction of sp³-hybridized carbons (Fsp3) is 0.562. The van der Waals surface area contributed by atoms with E-state index in [1.54, 1.807) is 36.1 Å². The Morgan fingerprint density at radius 2 is 1.91 bits per heavy atom. The van der Waals surface area contributed by atoms with Crippen LogP contribution in [0, 0.1) is 0 Å². The van der Waals surface area contributed by atoms with Gasteiger partial charge in [0.05, 0.1) is 18.0 Å². The largest absolute Gasteiger partial charge is 0.476 e. The maximum atomic E-state index is 12.7. The van der Waals surface area contributed by atoms with Gasteiger partial charge in [0.15, 0.2) is 6.10 Å². The van der Waals surface area contributed by atoms with Gasteiger partial charge in [-0.05, 0) is 38.3 Å². The molecule has 2 aliphatic heterocycles. The highest BCUT2D eigenvalue weighted by Crippen LogP contribution is 2.35. The van der Waals surface area contributed by atoms with Crippen molar-refractivity contribution in [3.05, 3.63) is 24.3 Å². The van der Waals surface area contributed by atoms with E-state index in [-0.39, 0.29) is 18.2 Å². The Bertz CT molecular complexity index is 683. The van der Waals surface area contributed by atoms with E-state index in [2.05, 4.69) is 0 Å². The van der Waals surface area contributed by atoms with Crippen LogP contribution in [0.15, 0.2) is 24.3 Å². The number of carbonyl (C=O) groups excluding carboxylic acids is 1. The van der Waals surface area contributed by atoms with Crippen LogP contribution in [-0.2, 0) is 14.8 Å². The van der Waals surface area contributed by atoms with E-state index in [4.69, 9.17) is 4.74 Å². The minimum atomic E-state index is -3.45. The number of hydrogen-bond acceptors (Lipinski definition) is 4. The van der Waals surface area contributed by atoms with Crippen LogP contribution in [0.3, 0.4) is 0 Å². The number of carbonyl (C=O) groups is 1. The van der Waals surface area contributed by atoms with Crippen LogP contribution in [0.4, 0.5) is 5.69 Å². The molecule has 0 radical (unpaired) electrons. The van der Waals surface area contributed by atoms with Gasteiger partial charge in [-0.15, -0.1) is 0 Å². The summed E-state index contributed by atoms with van der Waals surface area (Å²) in [6.07, 6.45) is 2.34. The number of anilines is 1. The number of nitrogens with zero attached hydrogens (tertiary/aromatic N) is 2. The number of likely N-dealkylation sites (tertiary alicyclic amines) is 1. The van der Waals surface area contributed by atoms with E-state index >= 15 is 0 Å². The number of amides is 1. The molecule has 0 aliphatic carbocycles. The molecule has 0 bridgehead atoms. The Morgan fingerprint density at radius 1 is 1.22 bits per heavy atom. The lowest BCUT2D eigenvalue weighted by Crippen LogP contribution is -2.53. The average molecular weight is 338 g/mol. The van der Waals surface area contributed by atoms with Crippen molar-refractivity contribution in [1.29, 1.82) is 0 Å². The van der Waals surface area contributed by atoms with Crippen molar-refractivity contribution in [2.45, 2.75) is 32.3 Å². The molecule has 1 aromatic carbocycles. The molecule has 7 heteroatoms. The zero-order valence-corrected chi connectivity index (χ0v) is 14.1. The number of piperidine rings is 1. The molecule has 1 saturated heterocycles. The van der Waals surface area contributed by atoms with Crippen molar-refractivity contribution in [3.63, 3.8) is 0 Å². The molecule has 2 aliphatic rings. The zero-order chi connectivity index (χ0) is 16.4. The number of sulfonamides is 1. The minimum Gasteiger partial charge on any atom is -0.476 e. The van der Waals surface area contributed by atoms with Gasteiger partial charge in [0.1, 0.15) is 5.75 Å². The average Bonchev–Trinajstić information content (AvgIpc) is 2.60. The van der Waals surface area contributed by atoms with Crippen LogP contribution in [0.5, 0.6) is 5.75 Å². The molecule has 1 fully saturated rings. The Morgan fingerprint density at radius 3 is 2.61 bits per heavy atom. The first-order valence-corrected chi connectivity index (χ1v) is 9.68. The van der Waals surface area contributed by atoms with Crippen molar-refractivity contribution in [3.8, 4) is 5.75 Å². The van der Waals surface area contributed by atoms with Gasteiger partial charge in [-0.25, -0.2) is 8.42 Å². The van der Waals surface area contributed by atoms with Crippen LogP contribution in [-0.4, -0.2) is 50.7 Å². The molecule has 1 atom stereocenters. The number of rotatable bonds is 3. The van der Waals surface area contributed by atoms with E-state index in [1.165, 1.54) is 4.31 Å². The molecule has 126 valence electrons. The van der Waals surface area contributed by atoms with Gasteiger partial charge in [0, 0.05) is 13.1 Å². The standard InChI is InChI=1S/C16H22N2O4S/c1-2-23(20,21)18-12-15(16(19)17-10-6-3-7-11-17)22-14-9-5-4-8-13(14)18/h4-5,8-9,15H,2-3,6-7,10-12H2,1H3/t15-/m0/s1. The van der Waals surface area contributed by atoms with Gasteiger partial charge in [-0.2, -0.15) is 0 Å². The van der Waals surface area contributed by atoms with Gasteiger partial charge >= 0.3 is 0 Å². The van der Waals surface area contributed by atoms with Crippen molar-refractivity contribution >= 4 is 21.6 Å². The summed E-state index contributed by atoms with van der Waals surface area (Å²) in [7, 11) is -3.45. The molecule has 1 amide bonds. The highest BCUT2D eigenvalue weighted by atomic mass is 32.2. The molecule has 0 N–H and O–H groups in total. The van der Waals surface area contributed by atoms with E-state index in [9.17, 15) is 13.2 Å². The number of hydrogen-bond donors (Lipinski definition) is 0. The predicted octanol–water partition coefficient (Wildman–Crippen LogP) is 1.62. The summed E-state index contributed by atoms with van der Waals surface area (Å²) in [4.78, 5) is 14.5. The lowest BCUT2D eigenvalue weighted by atomic mass is 10.1. The summed E-state index contributed by atoms with van der Waals surface area (Å²) in [5.41, 5.74) is 0.511. The van der Waals surface area contributed by atoms with Gasteiger partial charge in [-0.3, -0.25) is 9.10 Å². The number of fused-ring (bicyclic) bond motifs is 1. The van der Waals surface area contributed by atoms with Crippen LogP contribution >= 0.6 is 0 Å². The summed E-state index contributed by atoms with van der Waals surface area (Å²) in [5, 5.41) is 0. The molecule has 0 unspecified atom stereocenters. The zero-order valence-electron chi connectivity index (χ0n) is 13.3. The lowest BCUT2D eigenvalue weighted by Gasteiger charge is -2.37. The molecule has 0 aromatic heterocycles. The molecule has 6 nitrogen and oxygen atoms in total. The van der Waals surface area contributed by atoms with Gasteiger partial charge in [0.2, 0.25) is 10.0 Å². The Kier molecular flexibility index (Phi) is 4.48. The third-order valence-electron chi connectivity index (χ3n) is 4.38. The topological polar surface area (TPSA) is 66.9 Å². The number of benzene rings is 1. The van der Waals surface area contributed by atoms with Gasteiger partial charge < -0.3 is 9.64 Å². The summed E-state index contributed by atoms with van der Waals surface area (Å²) >= 11 is 0. The first kappa shape index (κ1) is 16.1. The van der Waals surface area contributed by atoms with Gasteiger partial charge in [-0.1, -0.05) is 12.1 Å². The molecular weight excluding hydrogens is 316 g/mol. The van der Waals surface area contributed by atoms with Crippen LogP contribution in [0.25, 0.3) is 0 Å². The fourth-order valence-electron chi connectivity index (χ4n) is 3.07. The summed E-state index contributed by atoms with van der Waals surface area (Å²) in [5.74, 6) is 0.327. The molecule has 23 heavy (non-hydrogen) atoms. The molecule has 2 heterocycles. The third kappa shape index (κ3) is 3.15. The van der Waals surface area contributed by atoms with E-state index in [0.717, 1.165) is 32.4 Å². The number of para-hydroxylation sites is 2. The van der Waals surface area contributed by atoms with Crippen LogP contribution in [0.1, 0.15) is 26.2 Å². The second kappa shape index (κ2) is 6.39. The van der Waals surface area contributed by atoms with E-state index in [0.29, 0.717) is 11.4 Å². The Hall–Kier alpha value is -1.76. The molecule has 0 spiro atoms. The minimum absolute atomic E-state index is 0.00798. The van der Waals surface area contributed by atoms with Crippen molar-refractivity contribution in [2.75, 3.05) is 29.7 Å². The molecule has 1 aromatic rings. The van der Waals surface area contributed by atoms with Gasteiger partial charge in [0.25, 0.3) is 5.91 Å². The Balaban J connectivity index is 1.89. The SMILES string of the molecule is CCS(=O)(=O)N1C[C@@H](C(=O)N2CCCCC2)Oc2ccccc21. The quantitative estimate of drug-likeness (QED) is 0.840. The van der Waals surface area contributed by atoms with Crippen molar-refractivity contribution < 1.29 is 17.9 Å². The highest BCUT2D eigenvalue weighted by molar-refractivity contribution is 7.92. The van der Waals surface area contributed by atoms with Crippen molar-refractivity contribution in [2.24, 2.45) is 0 Å². The summed E-state index contributed by atoms with van der Waals surface area (Å²) < 4.78 is 32.0. The van der Waals surface area contributed by atoms with Crippen molar-refractivity contribution in [1.82, 2.24) is 4.90 Å². The number of ether oxygens (including phenoxy) is 1. The molecule has 0 saturated carbocycles. The fourth-order valence-corrected chi connectivity index (χ4v) is 4.19. The molecule has 3 rings (SSSR count). The monoisotopic (exact) mass is 338 g/mol. The maximum absolute atomic E-state index is 12.7. The third-order valence-corrected chi connectivity index (χ3v) is 6.13. The molecular formula is C16H22N2O4S. The van der Waals surface area contributed by atoms with E-state index in [1.807, 2.05) is 0 Å². The second-order valence-corrected chi connectivity index (χ2v) is 8.07. The summed E-state index contributed by atoms with van der Waals surface area (Å²) in [6.45, 7) is 3.10. The summed E-state index contributed by atoms with van der Waals surface area (Å²) in [6, 6.07) is 6.98. The highest BCUT2D eigenvalue weighted by Gasteiger charge is 2.37. The smallest absolute Gasteiger partial charge is 0.265 e. The maximum Gasteiger partial charge on any atom is 0.265 e. The second-order valence-electron chi connectivity index (χ2n) is 5.89.